The molecule has 1 aromatic rings. The SMILES string of the molecule is OC(c1cc(Cl)ccc1Br)C1CCOCC1. The molecular weight excluding hydrogens is 291 g/mol. The summed E-state index contributed by atoms with van der Waals surface area (Å²) in [5, 5.41) is 11.0. The van der Waals surface area contributed by atoms with Crippen molar-refractivity contribution in [1.29, 1.82) is 0 Å². The Morgan fingerprint density at radius 2 is 2.06 bits per heavy atom. The van der Waals surface area contributed by atoms with Gasteiger partial charge in [-0.1, -0.05) is 27.5 Å². The van der Waals surface area contributed by atoms with Crippen LogP contribution in [-0.4, -0.2) is 18.3 Å². The van der Waals surface area contributed by atoms with E-state index in [1.807, 2.05) is 18.2 Å². The molecule has 0 saturated carbocycles. The normalized spacial score (nSPS) is 19.7. The maximum absolute atomic E-state index is 10.3. The number of rotatable bonds is 2. The molecule has 0 bridgehead atoms. The predicted octanol–water partition coefficient (Wildman–Crippen LogP) is 3.56. The first kappa shape index (κ1) is 12.4. The standard InChI is InChI=1S/C12H14BrClO2/c13-11-2-1-9(14)7-10(11)12(15)8-3-5-16-6-4-8/h1-2,7-8,12,15H,3-6H2. The molecule has 1 fully saturated rings. The second-order valence-corrected chi connectivity index (χ2v) is 5.35. The molecule has 1 aliphatic rings. The molecule has 0 radical (unpaired) electrons. The van der Waals surface area contributed by atoms with Crippen molar-refractivity contribution in [1.82, 2.24) is 0 Å². The summed E-state index contributed by atoms with van der Waals surface area (Å²) in [6.45, 7) is 1.47. The summed E-state index contributed by atoms with van der Waals surface area (Å²) < 4.78 is 6.20. The van der Waals surface area contributed by atoms with E-state index in [9.17, 15) is 5.11 Å². The minimum atomic E-state index is -0.461. The van der Waals surface area contributed by atoms with E-state index in [1.165, 1.54) is 0 Å². The monoisotopic (exact) mass is 304 g/mol. The lowest BCUT2D eigenvalue weighted by atomic mass is 9.89. The van der Waals surface area contributed by atoms with Crippen molar-refractivity contribution in [2.45, 2.75) is 18.9 Å². The van der Waals surface area contributed by atoms with Crippen LogP contribution in [0.2, 0.25) is 5.02 Å². The fourth-order valence-corrected chi connectivity index (χ4v) is 2.69. The minimum Gasteiger partial charge on any atom is -0.388 e. The number of hydrogen-bond donors (Lipinski definition) is 1. The number of hydrogen-bond acceptors (Lipinski definition) is 2. The molecule has 0 aromatic heterocycles. The maximum Gasteiger partial charge on any atom is 0.0831 e. The number of ether oxygens (including phenoxy) is 1. The minimum absolute atomic E-state index is 0.267. The molecule has 1 heterocycles. The van der Waals surface area contributed by atoms with E-state index in [0.29, 0.717) is 5.02 Å². The topological polar surface area (TPSA) is 29.5 Å². The van der Waals surface area contributed by atoms with E-state index < -0.39 is 6.10 Å². The van der Waals surface area contributed by atoms with Gasteiger partial charge < -0.3 is 9.84 Å². The largest absolute Gasteiger partial charge is 0.388 e. The summed E-state index contributed by atoms with van der Waals surface area (Å²) in [5.41, 5.74) is 0.874. The van der Waals surface area contributed by atoms with Gasteiger partial charge in [-0.2, -0.15) is 0 Å². The molecule has 2 rings (SSSR count). The summed E-state index contributed by atoms with van der Waals surface area (Å²) in [7, 11) is 0. The van der Waals surface area contributed by atoms with E-state index in [2.05, 4.69) is 15.9 Å². The van der Waals surface area contributed by atoms with E-state index in [0.717, 1.165) is 36.1 Å². The Balaban J connectivity index is 2.18. The zero-order chi connectivity index (χ0) is 11.5. The molecule has 1 aromatic carbocycles. The van der Waals surface area contributed by atoms with Gasteiger partial charge in [-0.3, -0.25) is 0 Å². The second kappa shape index (κ2) is 5.50. The van der Waals surface area contributed by atoms with Crippen molar-refractivity contribution in [3.8, 4) is 0 Å². The Morgan fingerprint density at radius 1 is 1.38 bits per heavy atom. The lowest BCUT2D eigenvalue weighted by Crippen LogP contribution is -2.22. The highest BCUT2D eigenvalue weighted by molar-refractivity contribution is 9.10. The highest BCUT2D eigenvalue weighted by Crippen LogP contribution is 2.35. The summed E-state index contributed by atoms with van der Waals surface area (Å²) in [6, 6.07) is 5.51. The lowest BCUT2D eigenvalue weighted by Gasteiger charge is -2.27. The molecule has 1 aliphatic heterocycles. The Morgan fingerprint density at radius 3 is 2.75 bits per heavy atom. The van der Waals surface area contributed by atoms with Crippen LogP contribution in [-0.2, 0) is 4.74 Å². The summed E-state index contributed by atoms with van der Waals surface area (Å²) in [5.74, 6) is 0.267. The third kappa shape index (κ3) is 2.77. The van der Waals surface area contributed by atoms with Gasteiger partial charge in [0.2, 0.25) is 0 Å². The average Bonchev–Trinajstić information content (AvgIpc) is 2.32. The van der Waals surface area contributed by atoms with Crippen LogP contribution >= 0.6 is 27.5 Å². The molecule has 16 heavy (non-hydrogen) atoms. The third-order valence-corrected chi connectivity index (χ3v) is 3.95. The van der Waals surface area contributed by atoms with Crippen LogP contribution in [0.15, 0.2) is 22.7 Å². The van der Waals surface area contributed by atoms with Crippen molar-refractivity contribution in [2.24, 2.45) is 5.92 Å². The lowest BCUT2D eigenvalue weighted by molar-refractivity contribution is 0.00692. The molecule has 1 unspecified atom stereocenters. The van der Waals surface area contributed by atoms with Crippen molar-refractivity contribution in [2.75, 3.05) is 13.2 Å². The average molecular weight is 306 g/mol. The summed E-state index contributed by atoms with van der Waals surface area (Å²) >= 11 is 9.39. The Bertz CT molecular complexity index is 364. The van der Waals surface area contributed by atoms with Gasteiger partial charge in [-0.05, 0) is 42.5 Å². The highest BCUT2D eigenvalue weighted by Gasteiger charge is 2.25. The van der Waals surface area contributed by atoms with Gasteiger partial charge in [0.1, 0.15) is 0 Å². The van der Waals surface area contributed by atoms with Crippen molar-refractivity contribution >= 4 is 27.5 Å². The molecule has 1 N–H and O–H groups in total. The van der Waals surface area contributed by atoms with Crippen molar-refractivity contribution in [3.05, 3.63) is 33.3 Å². The molecule has 1 saturated heterocycles. The fraction of sp³-hybridized carbons (Fsp3) is 0.500. The second-order valence-electron chi connectivity index (χ2n) is 4.06. The third-order valence-electron chi connectivity index (χ3n) is 2.99. The van der Waals surface area contributed by atoms with Gasteiger partial charge in [0.25, 0.3) is 0 Å². The van der Waals surface area contributed by atoms with Gasteiger partial charge in [0, 0.05) is 22.7 Å². The zero-order valence-electron chi connectivity index (χ0n) is 8.83. The van der Waals surface area contributed by atoms with E-state index in [-0.39, 0.29) is 5.92 Å². The fourth-order valence-electron chi connectivity index (χ4n) is 2.03. The van der Waals surface area contributed by atoms with Gasteiger partial charge >= 0.3 is 0 Å². The number of halogens is 2. The molecule has 88 valence electrons. The van der Waals surface area contributed by atoms with Crippen molar-refractivity contribution in [3.63, 3.8) is 0 Å². The van der Waals surface area contributed by atoms with Crippen LogP contribution in [0.1, 0.15) is 24.5 Å². The van der Waals surface area contributed by atoms with Gasteiger partial charge in [0.05, 0.1) is 6.10 Å². The Hall–Kier alpha value is -0.0900. The van der Waals surface area contributed by atoms with Crippen LogP contribution < -0.4 is 0 Å². The van der Waals surface area contributed by atoms with Crippen molar-refractivity contribution < 1.29 is 9.84 Å². The predicted molar refractivity (Wildman–Crippen MR) is 67.7 cm³/mol. The van der Waals surface area contributed by atoms with E-state index in [4.69, 9.17) is 16.3 Å². The van der Waals surface area contributed by atoms with E-state index >= 15 is 0 Å². The van der Waals surface area contributed by atoms with Gasteiger partial charge in [-0.15, -0.1) is 0 Å². The van der Waals surface area contributed by atoms with E-state index in [1.54, 1.807) is 0 Å². The Labute approximate surface area is 109 Å². The van der Waals surface area contributed by atoms with Crippen LogP contribution in [0.5, 0.6) is 0 Å². The molecule has 0 spiro atoms. The van der Waals surface area contributed by atoms with Crippen LogP contribution in [0.4, 0.5) is 0 Å². The van der Waals surface area contributed by atoms with Crippen LogP contribution in [0, 0.1) is 5.92 Å². The number of aliphatic hydroxyl groups excluding tert-OH is 1. The first-order chi connectivity index (χ1) is 7.68. The number of benzene rings is 1. The maximum atomic E-state index is 10.3. The Kier molecular flexibility index (Phi) is 4.25. The summed E-state index contributed by atoms with van der Waals surface area (Å²) in [4.78, 5) is 0. The quantitative estimate of drug-likeness (QED) is 0.905. The molecule has 1 atom stereocenters. The van der Waals surface area contributed by atoms with Crippen LogP contribution in [0.3, 0.4) is 0 Å². The number of aliphatic hydroxyl groups is 1. The molecule has 0 amide bonds. The molecule has 0 aliphatic carbocycles. The highest BCUT2D eigenvalue weighted by atomic mass is 79.9. The first-order valence-corrected chi connectivity index (χ1v) is 6.56. The van der Waals surface area contributed by atoms with Crippen LogP contribution in [0.25, 0.3) is 0 Å². The molecule has 4 heteroatoms. The van der Waals surface area contributed by atoms with Gasteiger partial charge in [-0.25, -0.2) is 0 Å². The smallest absolute Gasteiger partial charge is 0.0831 e. The first-order valence-electron chi connectivity index (χ1n) is 5.39. The summed E-state index contributed by atoms with van der Waals surface area (Å²) in [6.07, 6.45) is 1.34. The molecule has 2 nitrogen and oxygen atoms in total. The molecular formula is C12H14BrClO2. The van der Waals surface area contributed by atoms with Gasteiger partial charge in [0.15, 0.2) is 0 Å². The zero-order valence-corrected chi connectivity index (χ0v) is 11.2.